The quantitative estimate of drug-likeness (QED) is 0.612. The first-order valence-corrected chi connectivity index (χ1v) is 11.0. The molecule has 156 valence electrons. The maximum Gasteiger partial charge on any atom is 0.194 e. The van der Waals surface area contributed by atoms with Gasteiger partial charge < -0.3 is 24.8 Å². The third-order valence-electron chi connectivity index (χ3n) is 5.42. The first-order chi connectivity index (χ1) is 14.2. The van der Waals surface area contributed by atoms with E-state index in [9.17, 15) is 4.39 Å². The fourth-order valence-corrected chi connectivity index (χ4v) is 4.61. The molecule has 29 heavy (non-hydrogen) atoms. The monoisotopic (exact) mass is 417 g/mol. The van der Waals surface area contributed by atoms with Gasteiger partial charge in [-0.25, -0.2) is 4.39 Å². The van der Waals surface area contributed by atoms with Gasteiger partial charge >= 0.3 is 0 Å². The zero-order valence-electron chi connectivity index (χ0n) is 16.8. The summed E-state index contributed by atoms with van der Waals surface area (Å²) in [5.41, 5.74) is 1.57. The fraction of sp³-hybridized carbons (Fsp3) is 0.476. The van der Waals surface area contributed by atoms with Crippen LogP contribution in [-0.4, -0.2) is 70.4 Å². The van der Waals surface area contributed by atoms with Crippen molar-refractivity contribution < 1.29 is 9.13 Å². The highest BCUT2D eigenvalue weighted by Crippen LogP contribution is 2.23. The molecule has 0 spiro atoms. The minimum Gasteiger partial charge on any atom is -0.378 e. The van der Waals surface area contributed by atoms with Gasteiger partial charge in [0.25, 0.3) is 0 Å². The van der Waals surface area contributed by atoms with Gasteiger partial charge in [0.05, 0.1) is 23.9 Å². The van der Waals surface area contributed by atoms with Crippen molar-refractivity contribution >= 4 is 28.0 Å². The predicted octanol–water partition coefficient (Wildman–Crippen LogP) is 2.62. The third-order valence-corrected chi connectivity index (χ3v) is 6.35. The summed E-state index contributed by atoms with van der Waals surface area (Å²) in [6.07, 6.45) is 0. The van der Waals surface area contributed by atoms with Crippen LogP contribution in [0.2, 0.25) is 0 Å². The number of anilines is 2. The van der Waals surface area contributed by atoms with Crippen molar-refractivity contribution in [2.24, 2.45) is 4.99 Å². The molecule has 2 fully saturated rings. The minimum absolute atomic E-state index is 0.175. The van der Waals surface area contributed by atoms with Crippen LogP contribution in [0.3, 0.4) is 0 Å². The van der Waals surface area contributed by atoms with Crippen LogP contribution in [-0.2, 0) is 11.3 Å². The molecule has 4 rings (SSSR count). The molecule has 0 amide bonds. The lowest BCUT2D eigenvalue weighted by molar-refractivity contribution is 0.122. The lowest BCUT2D eigenvalue weighted by atomic mass is 10.1. The lowest BCUT2D eigenvalue weighted by Crippen LogP contribution is -2.52. The van der Waals surface area contributed by atoms with E-state index in [-0.39, 0.29) is 5.82 Å². The van der Waals surface area contributed by atoms with E-state index < -0.39 is 0 Å². The van der Waals surface area contributed by atoms with Crippen molar-refractivity contribution in [3.05, 3.63) is 47.1 Å². The van der Waals surface area contributed by atoms with Crippen molar-refractivity contribution in [1.29, 1.82) is 0 Å². The number of aliphatic imine (C=N–C) groups is 1. The highest BCUT2D eigenvalue weighted by atomic mass is 32.1. The van der Waals surface area contributed by atoms with Crippen molar-refractivity contribution in [1.82, 2.24) is 10.2 Å². The van der Waals surface area contributed by atoms with Crippen LogP contribution in [0.5, 0.6) is 0 Å². The average molecular weight is 418 g/mol. The highest BCUT2D eigenvalue weighted by molar-refractivity contribution is 7.14. The molecule has 6 nitrogen and oxygen atoms in total. The molecule has 0 atom stereocenters. The van der Waals surface area contributed by atoms with Gasteiger partial charge in [0.1, 0.15) is 5.82 Å². The fourth-order valence-electron chi connectivity index (χ4n) is 3.82. The van der Waals surface area contributed by atoms with E-state index in [1.54, 1.807) is 24.5 Å². The first-order valence-electron chi connectivity index (χ1n) is 10.1. The number of guanidine groups is 1. The number of ether oxygens (including phenoxy) is 1. The van der Waals surface area contributed by atoms with E-state index in [0.717, 1.165) is 50.8 Å². The van der Waals surface area contributed by atoms with E-state index in [0.29, 0.717) is 25.4 Å². The SMILES string of the molecule is CN=C(NCc1ccc(N2CCOCC2)c(F)c1)N1CCN(c2cccs2)CC1. The number of nitrogens with one attached hydrogen (secondary N) is 1. The summed E-state index contributed by atoms with van der Waals surface area (Å²) in [6, 6.07) is 9.75. The van der Waals surface area contributed by atoms with Crippen LogP contribution in [0.15, 0.2) is 40.7 Å². The Morgan fingerprint density at radius 1 is 1.10 bits per heavy atom. The van der Waals surface area contributed by atoms with Gasteiger partial charge in [0.2, 0.25) is 0 Å². The molecule has 1 aromatic carbocycles. The van der Waals surface area contributed by atoms with Crippen LogP contribution in [0.25, 0.3) is 0 Å². The molecule has 0 radical (unpaired) electrons. The predicted molar refractivity (Wildman–Crippen MR) is 118 cm³/mol. The second-order valence-corrected chi connectivity index (χ2v) is 8.14. The zero-order valence-corrected chi connectivity index (χ0v) is 17.6. The molecule has 3 heterocycles. The number of nitrogens with zero attached hydrogens (tertiary/aromatic N) is 4. The van der Waals surface area contributed by atoms with Crippen molar-refractivity contribution in [2.75, 3.05) is 69.3 Å². The van der Waals surface area contributed by atoms with Crippen LogP contribution >= 0.6 is 11.3 Å². The Morgan fingerprint density at radius 3 is 2.55 bits per heavy atom. The Kier molecular flexibility index (Phi) is 6.51. The zero-order chi connectivity index (χ0) is 20.1. The third kappa shape index (κ3) is 4.82. The van der Waals surface area contributed by atoms with Crippen molar-refractivity contribution in [3.8, 4) is 0 Å². The van der Waals surface area contributed by atoms with Gasteiger partial charge in [-0.2, -0.15) is 0 Å². The molecule has 2 aliphatic rings. The topological polar surface area (TPSA) is 43.3 Å². The van der Waals surface area contributed by atoms with Gasteiger partial charge in [-0.15, -0.1) is 11.3 Å². The van der Waals surface area contributed by atoms with Gasteiger partial charge in [0.15, 0.2) is 5.96 Å². The van der Waals surface area contributed by atoms with E-state index in [1.165, 1.54) is 5.00 Å². The number of morpholine rings is 1. The Bertz CT molecular complexity index is 814. The number of benzene rings is 1. The molecule has 2 aromatic rings. The highest BCUT2D eigenvalue weighted by Gasteiger charge is 2.20. The molecular formula is C21H28FN5OS. The summed E-state index contributed by atoms with van der Waals surface area (Å²) in [5, 5.41) is 6.83. The Morgan fingerprint density at radius 2 is 1.90 bits per heavy atom. The summed E-state index contributed by atoms with van der Waals surface area (Å²) in [5.74, 6) is 0.694. The van der Waals surface area contributed by atoms with Crippen LogP contribution in [0, 0.1) is 5.82 Å². The smallest absolute Gasteiger partial charge is 0.194 e. The molecule has 2 aliphatic heterocycles. The Balaban J connectivity index is 1.31. The van der Waals surface area contributed by atoms with E-state index in [2.05, 4.69) is 37.6 Å². The number of thiophene rings is 1. The summed E-state index contributed by atoms with van der Waals surface area (Å²) >= 11 is 1.78. The van der Waals surface area contributed by atoms with Gasteiger partial charge in [-0.3, -0.25) is 4.99 Å². The summed E-state index contributed by atoms with van der Waals surface area (Å²) in [4.78, 5) is 11.1. The Hall–Kier alpha value is -2.32. The number of halogens is 1. The van der Waals surface area contributed by atoms with Gasteiger partial charge in [0, 0.05) is 52.9 Å². The lowest BCUT2D eigenvalue weighted by Gasteiger charge is -2.37. The number of hydrogen-bond donors (Lipinski definition) is 1. The molecule has 2 saturated heterocycles. The van der Waals surface area contributed by atoms with E-state index in [4.69, 9.17) is 4.74 Å². The standard InChI is InChI=1S/C21H28FN5OS/c1-23-21(27-8-6-26(7-9-27)20-3-2-14-29-20)24-16-17-4-5-19(18(22)15-17)25-10-12-28-13-11-25/h2-5,14-15H,6-13,16H2,1H3,(H,23,24). The molecule has 1 aromatic heterocycles. The average Bonchev–Trinajstić information content (AvgIpc) is 3.30. The van der Waals surface area contributed by atoms with E-state index in [1.807, 2.05) is 17.0 Å². The molecular weight excluding hydrogens is 389 g/mol. The van der Waals surface area contributed by atoms with Gasteiger partial charge in [-0.1, -0.05) is 6.07 Å². The second kappa shape index (κ2) is 9.45. The summed E-state index contributed by atoms with van der Waals surface area (Å²) in [6.45, 7) is 7.12. The molecule has 8 heteroatoms. The first kappa shape index (κ1) is 20.0. The van der Waals surface area contributed by atoms with Gasteiger partial charge in [-0.05, 0) is 35.2 Å². The maximum atomic E-state index is 14.6. The number of rotatable bonds is 4. The summed E-state index contributed by atoms with van der Waals surface area (Å²) < 4.78 is 20.0. The van der Waals surface area contributed by atoms with E-state index >= 15 is 0 Å². The Labute approximate surface area is 175 Å². The van der Waals surface area contributed by atoms with Crippen LogP contribution < -0.4 is 15.1 Å². The largest absolute Gasteiger partial charge is 0.378 e. The van der Waals surface area contributed by atoms with Crippen LogP contribution in [0.1, 0.15) is 5.56 Å². The minimum atomic E-state index is -0.175. The van der Waals surface area contributed by atoms with Crippen molar-refractivity contribution in [2.45, 2.75) is 6.54 Å². The normalized spacial score (nSPS) is 18.3. The summed E-state index contributed by atoms with van der Waals surface area (Å²) in [7, 11) is 1.80. The molecule has 0 bridgehead atoms. The molecule has 0 saturated carbocycles. The maximum absolute atomic E-state index is 14.6. The molecule has 1 N–H and O–H groups in total. The van der Waals surface area contributed by atoms with Crippen LogP contribution in [0.4, 0.5) is 15.1 Å². The number of piperazine rings is 1. The molecule has 0 aliphatic carbocycles. The van der Waals surface area contributed by atoms with Crippen molar-refractivity contribution in [3.63, 3.8) is 0 Å². The second-order valence-electron chi connectivity index (χ2n) is 7.21. The molecule has 0 unspecified atom stereocenters. The number of hydrogen-bond acceptors (Lipinski definition) is 5.